The normalized spacial score (nSPS) is 14.7. The minimum absolute atomic E-state index is 0.271. The molecule has 5 aromatic rings. The van der Waals surface area contributed by atoms with Crippen LogP contribution in [0.15, 0.2) is 91.0 Å². The maximum Gasteiger partial charge on any atom is 0.0726 e. The number of hydrogen-bond acceptors (Lipinski definition) is 0. The summed E-state index contributed by atoms with van der Waals surface area (Å²) < 4.78 is 0. The van der Waals surface area contributed by atoms with Crippen LogP contribution in [0.3, 0.4) is 0 Å². The second-order valence-electron chi connectivity index (χ2n) is 8.96. The van der Waals surface area contributed by atoms with Gasteiger partial charge in [0.1, 0.15) is 0 Å². The number of aromatic nitrogens is 1. The van der Waals surface area contributed by atoms with Crippen LogP contribution in [-0.2, 0) is 5.41 Å². The van der Waals surface area contributed by atoms with Gasteiger partial charge >= 0.3 is 0 Å². The molecule has 2 aliphatic carbocycles. The topological polar surface area (TPSA) is 15.8 Å². The summed E-state index contributed by atoms with van der Waals surface area (Å²) in [7, 11) is 0. The summed E-state index contributed by atoms with van der Waals surface area (Å²) in [6.07, 6.45) is 4.29. The highest BCUT2D eigenvalue weighted by atomic mass is 14.7. The molecule has 4 aromatic carbocycles. The van der Waals surface area contributed by atoms with Crippen molar-refractivity contribution in [3.63, 3.8) is 0 Å². The molecule has 0 unspecified atom stereocenters. The zero-order valence-electron chi connectivity index (χ0n) is 18.2. The molecule has 152 valence electrons. The van der Waals surface area contributed by atoms with Gasteiger partial charge in [0.15, 0.2) is 0 Å². The van der Waals surface area contributed by atoms with E-state index in [9.17, 15) is 0 Å². The number of hydrogen-bond donors (Lipinski definition) is 1. The maximum atomic E-state index is 3.77. The highest BCUT2D eigenvalue weighted by molar-refractivity contribution is 6.06. The van der Waals surface area contributed by atoms with E-state index in [4.69, 9.17) is 0 Å². The van der Waals surface area contributed by atoms with Gasteiger partial charge in [0.2, 0.25) is 0 Å². The lowest BCUT2D eigenvalue weighted by molar-refractivity contribution is 0.794. The molecule has 1 heteroatoms. The van der Waals surface area contributed by atoms with Crippen molar-refractivity contribution in [3.8, 4) is 22.3 Å². The second kappa shape index (κ2) is 6.11. The first-order valence-corrected chi connectivity index (χ1v) is 11.3. The lowest BCUT2D eigenvalue weighted by Crippen LogP contribution is -2.25. The van der Waals surface area contributed by atoms with Crippen LogP contribution in [0.5, 0.6) is 0 Å². The molecule has 1 N–H and O–H groups in total. The van der Waals surface area contributed by atoms with E-state index in [1.165, 1.54) is 66.7 Å². The number of aromatic amines is 1. The van der Waals surface area contributed by atoms with E-state index in [0.717, 1.165) is 0 Å². The monoisotopic (exact) mass is 409 g/mol. The fourth-order valence-electron chi connectivity index (χ4n) is 6.33. The predicted molar refractivity (Wildman–Crippen MR) is 134 cm³/mol. The summed E-state index contributed by atoms with van der Waals surface area (Å²) in [6, 6.07) is 31.6. The van der Waals surface area contributed by atoms with Gasteiger partial charge in [-0.3, -0.25) is 0 Å². The molecular formula is C31H23N. The first kappa shape index (κ1) is 17.8. The van der Waals surface area contributed by atoms with E-state index in [2.05, 4.69) is 116 Å². The van der Waals surface area contributed by atoms with Gasteiger partial charge in [-0.05, 0) is 64.4 Å². The van der Waals surface area contributed by atoms with Crippen molar-refractivity contribution in [2.75, 3.05) is 0 Å². The van der Waals surface area contributed by atoms with Crippen molar-refractivity contribution in [2.24, 2.45) is 0 Å². The average molecular weight is 410 g/mol. The zero-order chi connectivity index (χ0) is 21.4. The molecule has 0 fully saturated rings. The Labute approximate surface area is 188 Å². The number of rotatable bonds is 1. The molecule has 0 saturated heterocycles. The number of allylic oxidation sites excluding steroid dienone is 1. The average Bonchev–Trinajstić information content (AvgIpc) is 3.43. The summed E-state index contributed by atoms with van der Waals surface area (Å²) >= 11 is 0. The van der Waals surface area contributed by atoms with Gasteiger partial charge in [-0.15, -0.1) is 0 Å². The van der Waals surface area contributed by atoms with Crippen LogP contribution < -0.4 is 0 Å². The lowest BCUT2D eigenvalue weighted by Gasteiger charge is -2.30. The van der Waals surface area contributed by atoms with Crippen LogP contribution in [0.4, 0.5) is 0 Å². The van der Waals surface area contributed by atoms with E-state index in [1.54, 1.807) is 0 Å². The summed E-state index contributed by atoms with van der Waals surface area (Å²) in [5, 5.41) is 1.31. The minimum Gasteiger partial charge on any atom is -0.354 e. The van der Waals surface area contributed by atoms with E-state index in [1.807, 2.05) is 0 Å². The third-order valence-electron chi connectivity index (χ3n) is 7.56. The van der Waals surface area contributed by atoms with Gasteiger partial charge in [-0.2, -0.15) is 0 Å². The molecule has 1 spiro atoms. The molecule has 2 aliphatic rings. The molecule has 0 radical (unpaired) electrons. The summed E-state index contributed by atoms with van der Waals surface area (Å²) in [4.78, 5) is 3.77. The Morgan fingerprint density at radius 3 is 1.84 bits per heavy atom. The lowest BCUT2D eigenvalue weighted by atomic mass is 9.70. The second-order valence-corrected chi connectivity index (χ2v) is 8.96. The number of benzene rings is 4. The first-order chi connectivity index (χ1) is 15.8. The molecule has 0 amide bonds. The van der Waals surface area contributed by atoms with Gasteiger partial charge in [-0.25, -0.2) is 0 Å². The molecular weight excluding hydrogens is 386 g/mol. The molecule has 0 saturated carbocycles. The quantitative estimate of drug-likeness (QED) is 0.284. The van der Waals surface area contributed by atoms with Gasteiger partial charge < -0.3 is 4.98 Å². The van der Waals surface area contributed by atoms with Gasteiger partial charge in [0.25, 0.3) is 0 Å². The molecule has 32 heavy (non-hydrogen) atoms. The molecule has 7 rings (SSSR count). The maximum absolute atomic E-state index is 3.77. The Bertz CT molecular complexity index is 1550. The molecule has 1 aromatic heterocycles. The van der Waals surface area contributed by atoms with Crippen molar-refractivity contribution in [3.05, 3.63) is 125 Å². The molecule has 0 aliphatic heterocycles. The number of aryl methyl sites for hydroxylation is 1. The van der Waals surface area contributed by atoms with Crippen molar-refractivity contribution < 1.29 is 0 Å². The summed E-state index contributed by atoms with van der Waals surface area (Å²) in [5.41, 5.74) is 14.4. The molecule has 1 nitrogen and oxygen atoms in total. The van der Waals surface area contributed by atoms with E-state index in [0.29, 0.717) is 0 Å². The fourth-order valence-corrected chi connectivity index (χ4v) is 6.33. The van der Waals surface area contributed by atoms with Crippen LogP contribution in [0, 0.1) is 6.92 Å². The molecule has 0 atom stereocenters. The fraction of sp³-hybridized carbons (Fsp3) is 0.0968. The smallest absolute Gasteiger partial charge is 0.0726 e. The highest BCUT2D eigenvalue weighted by Gasteiger charge is 2.51. The van der Waals surface area contributed by atoms with Crippen LogP contribution in [-0.4, -0.2) is 4.98 Å². The Morgan fingerprint density at radius 2 is 1.22 bits per heavy atom. The predicted octanol–water partition coefficient (Wildman–Crippen LogP) is 7.85. The van der Waals surface area contributed by atoms with E-state index in [-0.39, 0.29) is 5.41 Å². The Balaban J connectivity index is 1.70. The van der Waals surface area contributed by atoms with Crippen molar-refractivity contribution >= 4 is 17.0 Å². The SMILES string of the molecule is C/C=C\c1[nH]c2c3c(ccc2c1C)C1(c2ccccc2-c2ccccc21)c1ccccc1-3. The third-order valence-corrected chi connectivity index (χ3v) is 7.56. The summed E-state index contributed by atoms with van der Waals surface area (Å²) in [6.45, 7) is 4.30. The first-order valence-electron chi connectivity index (χ1n) is 11.3. The third kappa shape index (κ3) is 1.91. The van der Waals surface area contributed by atoms with Gasteiger partial charge in [0.05, 0.1) is 10.9 Å². The van der Waals surface area contributed by atoms with Crippen LogP contribution in [0.25, 0.3) is 39.2 Å². The highest BCUT2D eigenvalue weighted by Crippen LogP contribution is 2.63. The Morgan fingerprint density at radius 1 is 0.656 bits per heavy atom. The van der Waals surface area contributed by atoms with Crippen molar-refractivity contribution in [2.45, 2.75) is 19.3 Å². The number of H-pyrrole nitrogens is 1. The largest absolute Gasteiger partial charge is 0.354 e. The van der Waals surface area contributed by atoms with Crippen LogP contribution in [0.2, 0.25) is 0 Å². The van der Waals surface area contributed by atoms with Crippen molar-refractivity contribution in [1.82, 2.24) is 4.98 Å². The number of fused-ring (bicyclic) bond motifs is 12. The Hall–Kier alpha value is -3.84. The standard InChI is InChI=1S/C31H23N/c1-3-10-28-19(2)20-17-18-27-29(30(20)32-28)23-13-6-9-16-26(23)31(27)24-14-7-4-11-21(24)22-12-5-8-15-25(22)31/h3-18,32H,1-2H3/b10-3-. The number of nitrogens with one attached hydrogen (secondary N) is 1. The van der Waals surface area contributed by atoms with Crippen LogP contribution >= 0.6 is 0 Å². The van der Waals surface area contributed by atoms with Gasteiger partial charge in [0, 0.05) is 16.6 Å². The minimum atomic E-state index is -0.271. The molecule has 1 heterocycles. The van der Waals surface area contributed by atoms with Crippen LogP contribution in [0.1, 0.15) is 40.4 Å². The Kier molecular flexibility index (Phi) is 3.40. The zero-order valence-corrected chi connectivity index (χ0v) is 18.2. The van der Waals surface area contributed by atoms with E-state index >= 15 is 0 Å². The van der Waals surface area contributed by atoms with Crippen molar-refractivity contribution in [1.29, 1.82) is 0 Å². The van der Waals surface area contributed by atoms with Gasteiger partial charge in [-0.1, -0.05) is 91.0 Å². The molecule has 0 bridgehead atoms. The summed E-state index contributed by atoms with van der Waals surface area (Å²) in [5.74, 6) is 0. The van der Waals surface area contributed by atoms with E-state index < -0.39 is 0 Å².